The summed E-state index contributed by atoms with van der Waals surface area (Å²) < 4.78 is 0. The van der Waals surface area contributed by atoms with Crippen molar-refractivity contribution in [2.45, 2.75) is 0 Å². The highest BCUT2D eigenvalue weighted by molar-refractivity contribution is 6.89. The van der Waals surface area contributed by atoms with Gasteiger partial charge in [0.1, 0.15) is 0 Å². The second kappa shape index (κ2) is 2.16. The maximum absolute atomic E-state index is 7.63. The fraction of sp³-hybridized carbons (Fsp3) is 0. The molecule has 0 aromatic carbocycles. The quantitative estimate of drug-likeness (QED) is 0.181. The molecule has 0 atom stereocenters. The third kappa shape index (κ3) is 3.90. The molecular weight excluding hydrogens is 98.2 g/mol. The van der Waals surface area contributed by atoms with Gasteiger partial charge in [0.2, 0.25) is 0 Å². The number of hydrogen-bond acceptors (Lipinski definition) is 2. The predicted octanol–water partition coefficient (Wildman–Crippen LogP) is -0.931. The first kappa shape index (κ1) is 4.90. The van der Waals surface area contributed by atoms with E-state index >= 15 is 0 Å². The Hall–Kier alpha value is -0.0962. The summed E-state index contributed by atoms with van der Waals surface area (Å²) >= 11 is 0. The summed E-state index contributed by atoms with van der Waals surface area (Å²) in [6.45, 7) is 0. The molecule has 6 radical (unpaired) electrons. The zero-order chi connectivity index (χ0) is 4.28. The van der Waals surface area contributed by atoms with E-state index in [0.717, 1.165) is 0 Å². The SMILES string of the molecule is ON=C([Si])[Si]. The largest absolute Gasteiger partial charge is 0.412 e. The fourth-order valence-electron chi connectivity index (χ4n) is 0. The van der Waals surface area contributed by atoms with Gasteiger partial charge in [-0.25, -0.2) is 0 Å². The first-order chi connectivity index (χ1) is 2.27. The maximum Gasteiger partial charge on any atom is 0.0899 e. The summed E-state index contributed by atoms with van der Waals surface area (Å²) in [6.07, 6.45) is 0. The van der Waals surface area contributed by atoms with Gasteiger partial charge in [-0.1, -0.05) is 0 Å². The minimum absolute atomic E-state index is 0.296. The van der Waals surface area contributed by atoms with Gasteiger partial charge in [0.15, 0.2) is 0 Å². The van der Waals surface area contributed by atoms with Gasteiger partial charge in [-0.05, 0) is 0 Å². The smallest absolute Gasteiger partial charge is 0.0899 e. The van der Waals surface area contributed by atoms with Gasteiger partial charge < -0.3 is 5.21 Å². The summed E-state index contributed by atoms with van der Waals surface area (Å²) in [5, 5.41) is 10.3. The molecule has 0 aliphatic heterocycles. The first-order valence-corrected chi connectivity index (χ1v) is 1.92. The van der Waals surface area contributed by atoms with Gasteiger partial charge in [0.05, 0.1) is 20.5 Å². The molecule has 0 amide bonds. The van der Waals surface area contributed by atoms with E-state index in [9.17, 15) is 0 Å². The van der Waals surface area contributed by atoms with E-state index in [1.54, 1.807) is 0 Å². The minimum Gasteiger partial charge on any atom is -0.412 e. The Bertz CT molecular complexity index is 47.6. The van der Waals surface area contributed by atoms with Crippen molar-refractivity contribution in [3.05, 3.63) is 0 Å². The second-order valence-corrected chi connectivity index (χ2v) is 1.90. The molecule has 24 valence electrons. The maximum atomic E-state index is 7.63. The summed E-state index contributed by atoms with van der Waals surface area (Å²) in [6, 6.07) is 0. The molecule has 0 bridgehead atoms. The van der Waals surface area contributed by atoms with Gasteiger partial charge in [0.25, 0.3) is 0 Å². The van der Waals surface area contributed by atoms with Crippen molar-refractivity contribution in [3.8, 4) is 0 Å². The normalized spacial score (nSPS) is 6.80. The highest BCUT2D eigenvalue weighted by Gasteiger charge is 1.67. The Morgan fingerprint density at radius 1 is 1.60 bits per heavy atom. The van der Waals surface area contributed by atoms with Crippen LogP contribution in [0.1, 0.15) is 0 Å². The number of nitrogens with zero attached hydrogens (tertiary/aromatic N) is 1. The zero-order valence-corrected chi connectivity index (χ0v) is 4.39. The topological polar surface area (TPSA) is 32.6 Å². The lowest BCUT2D eigenvalue weighted by Gasteiger charge is -1.71. The number of hydrogen-bond donors (Lipinski definition) is 1. The van der Waals surface area contributed by atoms with Crippen molar-refractivity contribution in [2.75, 3.05) is 0 Å². The molecule has 2 nitrogen and oxygen atoms in total. The molecule has 0 saturated heterocycles. The van der Waals surface area contributed by atoms with E-state index < -0.39 is 0 Å². The van der Waals surface area contributed by atoms with Crippen molar-refractivity contribution in [2.24, 2.45) is 5.16 Å². The molecule has 0 aliphatic carbocycles. The molecule has 0 saturated carbocycles. The van der Waals surface area contributed by atoms with Crippen LogP contribution in [0.15, 0.2) is 5.16 Å². The van der Waals surface area contributed by atoms with Crippen molar-refractivity contribution >= 4 is 25.4 Å². The highest BCUT2D eigenvalue weighted by Crippen LogP contribution is 1.48. The van der Waals surface area contributed by atoms with E-state index in [-0.39, 0.29) is 0 Å². The van der Waals surface area contributed by atoms with Crippen LogP contribution in [0.5, 0.6) is 0 Å². The Morgan fingerprint density at radius 3 is 1.80 bits per heavy atom. The second-order valence-electron chi connectivity index (χ2n) is 0.449. The van der Waals surface area contributed by atoms with Crippen molar-refractivity contribution in [3.63, 3.8) is 0 Å². The lowest BCUT2D eigenvalue weighted by atomic mass is 11.7. The van der Waals surface area contributed by atoms with Crippen LogP contribution in [0, 0.1) is 0 Å². The van der Waals surface area contributed by atoms with Gasteiger partial charge in [-0.2, -0.15) is 0 Å². The van der Waals surface area contributed by atoms with Crippen molar-refractivity contribution in [1.29, 1.82) is 0 Å². The molecule has 0 rings (SSSR count). The monoisotopic (exact) mass is 99.0 g/mol. The molecule has 0 unspecified atom stereocenters. The van der Waals surface area contributed by atoms with Crippen LogP contribution in [-0.4, -0.2) is 30.7 Å². The molecule has 0 heterocycles. The molecule has 0 aromatic heterocycles. The Morgan fingerprint density at radius 2 is 1.80 bits per heavy atom. The van der Waals surface area contributed by atoms with E-state index in [0.29, 0.717) is 4.96 Å². The average Bonchev–Trinajstić information content (AvgIpc) is 1.38. The first-order valence-electron chi connectivity index (χ1n) is 0.924. The predicted molar refractivity (Wildman–Crippen MR) is 20.7 cm³/mol. The Kier molecular flexibility index (Phi) is 2.12. The molecule has 1 N–H and O–H groups in total. The summed E-state index contributed by atoms with van der Waals surface area (Å²) in [5.74, 6) is 0. The van der Waals surface area contributed by atoms with Crippen LogP contribution in [0.25, 0.3) is 0 Å². The molecule has 0 aliphatic rings. The Balaban J connectivity index is 3.14. The molecule has 4 heteroatoms. The summed E-state index contributed by atoms with van der Waals surface area (Å²) in [5.41, 5.74) is 0. The van der Waals surface area contributed by atoms with Gasteiger partial charge >= 0.3 is 0 Å². The highest BCUT2D eigenvalue weighted by atomic mass is 28.2. The van der Waals surface area contributed by atoms with E-state index in [1.165, 1.54) is 0 Å². The lowest BCUT2D eigenvalue weighted by molar-refractivity contribution is 0.322. The van der Waals surface area contributed by atoms with Crippen LogP contribution < -0.4 is 0 Å². The van der Waals surface area contributed by atoms with Gasteiger partial charge in [0, 0.05) is 4.96 Å². The van der Waals surface area contributed by atoms with Gasteiger partial charge in [-0.3, -0.25) is 0 Å². The number of rotatable bonds is 0. The van der Waals surface area contributed by atoms with Crippen LogP contribution in [0.3, 0.4) is 0 Å². The molecule has 0 fully saturated rings. The van der Waals surface area contributed by atoms with Crippen molar-refractivity contribution < 1.29 is 5.21 Å². The molecule has 0 spiro atoms. The van der Waals surface area contributed by atoms with Crippen LogP contribution in [0.4, 0.5) is 0 Å². The van der Waals surface area contributed by atoms with E-state index in [4.69, 9.17) is 5.21 Å². The minimum atomic E-state index is 0.296. The van der Waals surface area contributed by atoms with E-state index in [1.807, 2.05) is 0 Å². The van der Waals surface area contributed by atoms with Gasteiger partial charge in [-0.15, -0.1) is 5.16 Å². The van der Waals surface area contributed by atoms with Crippen LogP contribution >= 0.6 is 0 Å². The molecule has 0 aromatic rings. The molecular formula is CHNOSi2. The third-order valence-electron chi connectivity index (χ3n) is 0.100. The number of oxime groups is 1. The summed E-state index contributed by atoms with van der Waals surface area (Å²) in [7, 11) is 5.66. The molecule has 5 heavy (non-hydrogen) atoms. The average molecular weight is 99.2 g/mol. The third-order valence-corrected chi connectivity index (χ3v) is 0.300. The van der Waals surface area contributed by atoms with Crippen LogP contribution in [-0.2, 0) is 0 Å². The summed E-state index contributed by atoms with van der Waals surface area (Å²) in [4.78, 5) is 0.296. The zero-order valence-electron chi connectivity index (χ0n) is 2.39. The van der Waals surface area contributed by atoms with E-state index in [2.05, 4.69) is 25.6 Å². The van der Waals surface area contributed by atoms with Crippen molar-refractivity contribution in [1.82, 2.24) is 0 Å². The fourth-order valence-corrected chi connectivity index (χ4v) is 0. The standard InChI is InChI=1S/CHNOSi2/c3-2-1(4)5/h3H. The lowest BCUT2D eigenvalue weighted by Crippen LogP contribution is -1.92. The Labute approximate surface area is 36.7 Å². The van der Waals surface area contributed by atoms with Crippen LogP contribution in [0.2, 0.25) is 0 Å².